The monoisotopic (exact) mass is 508 g/mol. The molecule has 0 bridgehead atoms. The summed E-state index contributed by atoms with van der Waals surface area (Å²) in [7, 11) is -3.16. The Bertz CT molecular complexity index is 1300. The molecule has 1 fully saturated rings. The lowest BCUT2D eigenvalue weighted by molar-refractivity contribution is -0.130. The van der Waals surface area contributed by atoms with Gasteiger partial charge in [0.25, 0.3) is 6.01 Å². The first kappa shape index (κ1) is 26.5. The van der Waals surface area contributed by atoms with Gasteiger partial charge in [0, 0.05) is 37.8 Å². The number of anilines is 2. The standard InChI is InChI=1S/C23H32N4O7S/c1-14-17(27(22(30)31)23(2,3)4)9-8-16-19(14)20(29)34-21(25-16)24-11-6-7-18(28)26-12-10-15(13-26)35(5,32)33/h8-9,15H,6-7,10-13H2,1-5H3,(H,24,25)(H,30,31). The molecule has 11 nitrogen and oxygen atoms in total. The summed E-state index contributed by atoms with van der Waals surface area (Å²) in [6.45, 7) is 7.92. The summed E-state index contributed by atoms with van der Waals surface area (Å²) in [4.78, 5) is 44.0. The van der Waals surface area contributed by atoms with Crippen molar-refractivity contribution in [3.63, 3.8) is 0 Å². The molecule has 35 heavy (non-hydrogen) atoms. The molecule has 1 aliphatic rings. The molecule has 0 spiro atoms. The average Bonchev–Trinajstić information content (AvgIpc) is 3.22. The highest BCUT2D eigenvalue weighted by molar-refractivity contribution is 7.91. The van der Waals surface area contributed by atoms with Crippen LogP contribution in [0.1, 0.15) is 45.6 Å². The molecule has 1 atom stereocenters. The fraction of sp³-hybridized carbons (Fsp3) is 0.565. The lowest BCUT2D eigenvalue weighted by Gasteiger charge is -2.34. The topological polar surface area (TPSA) is 150 Å². The van der Waals surface area contributed by atoms with Crippen molar-refractivity contribution in [3.8, 4) is 0 Å². The van der Waals surface area contributed by atoms with Crippen molar-refractivity contribution in [1.29, 1.82) is 0 Å². The summed E-state index contributed by atoms with van der Waals surface area (Å²) in [5.74, 6) is -0.115. The Morgan fingerprint density at radius 1 is 1.31 bits per heavy atom. The van der Waals surface area contributed by atoms with E-state index in [0.717, 1.165) is 0 Å². The van der Waals surface area contributed by atoms with Crippen LogP contribution in [0.4, 0.5) is 16.5 Å². The predicted molar refractivity (Wildman–Crippen MR) is 133 cm³/mol. The van der Waals surface area contributed by atoms with E-state index in [0.29, 0.717) is 42.7 Å². The number of nitrogens with one attached hydrogen (secondary N) is 1. The van der Waals surface area contributed by atoms with E-state index >= 15 is 0 Å². The summed E-state index contributed by atoms with van der Waals surface area (Å²) >= 11 is 0. The predicted octanol–water partition coefficient (Wildman–Crippen LogP) is 2.62. The molecule has 1 aromatic carbocycles. The van der Waals surface area contributed by atoms with Crippen LogP contribution in [0.3, 0.4) is 0 Å². The number of carbonyl (C=O) groups is 2. The number of aromatic nitrogens is 1. The number of carbonyl (C=O) groups excluding carboxylic acids is 1. The van der Waals surface area contributed by atoms with Crippen LogP contribution >= 0.6 is 0 Å². The molecule has 1 aliphatic heterocycles. The number of hydrogen-bond donors (Lipinski definition) is 2. The molecule has 2 heterocycles. The normalized spacial score (nSPS) is 16.5. The number of nitrogens with zero attached hydrogens (tertiary/aromatic N) is 3. The van der Waals surface area contributed by atoms with Crippen LogP contribution in [-0.4, -0.2) is 72.1 Å². The molecule has 3 rings (SSSR count). The van der Waals surface area contributed by atoms with Crippen LogP contribution < -0.4 is 15.8 Å². The molecule has 0 radical (unpaired) electrons. The van der Waals surface area contributed by atoms with Gasteiger partial charge in [-0.15, -0.1) is 0 Å². The maximum atomic E-state index is 12.7. The maximum absolute atomic E-state index is 12.7. The van der Waals surface area contributed by atoms with Crippen LogP contribution in [0, 0.1) is 6.92 Å². The van der Waals surface area contributed by atoms with Crippen molar-refractivity contribution in [2.24, 2.45) is 0 Å². The lowest BCUT2D eigenvalue weighted by atomic mass is 10.0. The van der Waals surface area contributed by atoms with Crippen LogP contribution in [0.25, 0.3) is 10.9 Å². The highest BCUT2D eigenvalue weighted by atomic mass is 32.2. The minimum absolute atomic E-state index is 0.00586. The van der Waals surface area contributed by atoms with Gasteiger partial charge in [-0.1, -0.05) is 0 Å². The van der Waals surface area contributed by atoms with Crippen LogP contribution in [0.2, 0.25) is 0 Å². The molecule has 1 aromatic heterocycles. The molecule has 12 heteroatoms. The number of carboxylic acid groups (broad SMARTS) is 1. The first-order chi connectivity index (χ1) is 16.2. The molecule has 0 aliphatic carbocycles. The largest absolute Gasteiger partial charge is 0.465 e. The molecule has 2 N–H and O–H groups in total. The van der Waals surface area contributed by atoms with Gasteiger partial charge in [-0.2, -0.15) is 4.98 Å². The quantitative estimate of drug-likeness (QED) is 0.538. The van der Waals surface area contributed by atoms with E-state index in [-0.39, 0.29) is 30.3 Å². The number of hydrogen-bond acceptors (Lipinski definition) is 8. The molecular formula is C23H32N4O7S. The van der Waals surface area contributed by atoms with Gasteiger partial charge in [-0.25, -0.2) is 18.0 Å². The van der Waals surface area contributed by atoms with E-state index in [4.69, 9.17) is 4.42 Å². The molecule has 1 unspecified atom stereocenters. The van der Waals surface area contributed by atoms with Crippen molar-refractivity contribution in [3.05, 3.63) is 28.1 Å². The smallest absolute Gasteiger partial charge is 0.412 e. The molecule has 0 saturated carbocycles. The van der Waals surface area contributed by atoms with E-state index in [1.165, 1.54) is 11.2 Å². The zero-order chi connectivity index (χ0) is 26.1. The lowest BCUT2D eigenvalue weighted by Crippen LogP contribution is -2.45. The van der Waals surface area contributed by atoms with Gasteiger partial charge in [0.2, 0.25) is 5.91 Å². The third-order valence-electron chi connectivity index (χ3n) is 6.08. The summed E-state index contributed by atoms with van der Waals surface area (Å²) < 4.78 is 28.6. The minimum atomic E-state index is -3.16. The van der Waals surface area contributed by atoms with Crippen LogP contribution in [-0.2, 0) is 14.6 Å². The van der Waals surface area contributed by atoms with Crippen molar-refractivity contribution in [1.82, 2.24) is 9.88 Å². The van der Waals surface area contributed by atoms with Gasteiger partial charge in [0.1, 0.15) is 0 Å². The van der Waals surface area contributed by atoms with Crippen LogP contribution in [0.5, 0.6) is 0 Å². The Morgan fingerprint density at radius 2 is 2.00 bits per heavy atom. The number of rotatable bonds is 7. The first-order valence-corrected chi connectivity index (χ1v) is 13.3. The van der Waals surface area contributed by atoms with Crippen molar-refractivity contribution in [2.45, 2.75) is 57.7 Å². The van der Waals surface area contributed by atoms with E-state index in [1.807, 2.05) is 0 Å². The second-order valence-electron chi connectivity index (χ2n) is 9.81. The van der Waals surface area contributed by atoms with E-state index in [1.54, 1.807) is 44.7 Å². The van der Waals surface area contributed by atoms with E-state index < -0.39 is 32.3 Å². The van der Waals surface area contributed by atoms with Crippen LogP contribution in [0.15, 0.2) is 21.3 Å². The molecule has 192 valence electrons. The zero-order valence-corrected chi connectivity index (χ0v) is 21.4. The van der Waals surface area contributed by atoms with Gasteiger partial charge >= 0.3 is 11.7 Å². The Labute approximate surface area is 204 Å². The highest BCUT2D eigenvalue weighted by Gasteiger charge is 2.32. The third-order valence-corrected chi connectivity index (χ3v) is 7.68. The fourth-order valence-corrected chi connectivity index (χ4v) is 5.26. The van der Waals surface area contributed by atoms with Crippen molar-refractivity contribution < 1.29 is 27.5 Å². The van der Waals surface area contributed by atoms with Gasteiger partial charge in [0.05, 0.1) is 21.8 Å². The molecule has 1 saturated heterocycles. The van der Waals surface area contributed by atoms with Gasteiger partial charge in [0.15, 0.2) is 9.84 Å². The summed E-state index contributed by atoms with van der Waals surface area (Å²) in [6, 6.07) is 3.20. The number of benzene rings is 1. The fourth-order valence-electron chi connectivity index (χ4n) is 4.27. The molecule has 2 amide bonds. The second-order valence-corrected chi connectivity index (χ2v) is 12.1. The average molecular weight is 509 g/mol. The van der Waals surface area contributed by atoms with E-state index in [2.05, 4.69) is 10.3 Å². The van der Waals surface area contributed by atoms with Crippen molar-refractivity contribution in [2.75, 3.05) is 36.1 Å². The first-order valence-electron chi connectivity index (χ1n) is 11.4. The number of likely N-dealkylation sites (tertiary alicyclic amines) is 1. The van der Waals surface area contributed by atoms with Gasteiger partial charge < -0.3 is 19.7 Å². The summed E-state index contributed by atoms with van der Waals surface area (Å²) in [5.41, 5.74) is -0.167. The van der Waals surface area contributed by atoms with Crippen molar-refractivity contribution >= 4 is 44.4 Å². The third kappa shape index (κ3) is 5.92. The van der Waals surface area contributed by atoms with E-state index in [9.17, 15) is 27.9 Å². The second kappa shape index (κ2) is 9.84. The number of fused-ring (bicyclic) bond motifs is 1. The minimum Gasteiger partial charge on any atom is -0.465 e. The zero-order valence-electron chi connectivity index (χ0n) is 20.6. The number of amides is 2. The molecular weight excluding hydrogens is 476 g/mol. The summed E-state index contributed by atoms with van der Waals surface area (Å²) in [6.07, 6.45) is 1.18. The Balaban J connectivity index is 1.67. The summed E-state index contributed by atoms with van der Waals surface area (Å²) in [5, 5.41) is 12.3. The maximum Gasteiger partial charge on any atom is 0.412 e. The highest BCUT2D eigenvalue weighted by Crippen LogP contribution is 2.31. The number of aryl methyl sites for hydroxylation is 1. The Kier molecular flexibility index (Phi) is 7.44. The molecule has 2 aromatic rings. The van der Waals surface area contributed by atoms with Gasteiger partial charge in [-0.05, 0) is 58.2 Å². The number of sulfone groups is 1. The Morgan fingerprint density at radius 3 is 2.57 bits per heavy atom. The Hall–Kier alpha value is -3.15. The SMILES string of the molecule is Cc1c(N(C(=O)O)C(C)(C)C)ccc2nc(NCCCC(=O)N3CCC(S(C)(=O)=O)C3)oc(=O)c12. The van der Waals surface area contributed by atoms with Gasteiger partial charge in [-0.3, -0.25) is 9.69 Å².